The van der Waals surface area contributed by atoms with E-state index in [0.29, 0.717) is 0 Å². The summed E-state index contributed by atoms with van der Waals surface area (Å²) in [5.74, 6) is 0.0859. The average Bonchev–Trinajstić information content (AvgIpc) is 3.01. The van der Waals surface area contributed by atoms with E-state index in [2.05, 4.69) is 17.6 Å². The Kier molecular flexibility index (Phi) is 3.47. The zero-order valence-corrected chi connectivity index (χ0v) is 11.7. The molecule has 4 nitrogen and oxygen atoms in total. The van der Waals surface area contributed by atoms with Crippen LogP contribution in [0.5, 0.6) is 0 Å². The zero-order chi connectivity index (χ0) is 14.1. The van der Waals surface area contributed by atoms with Gasteiger partial charge in [-0.15, -0.1) is 0 Å². The molecule has 0 amide bonds. The van der Waals surface area contributed by atoms with Crippen LogP contribution < -0.4 is 0 Å². The Bertz CT molecular complexity index is 632. The number of aromatic nitrogens is 2. The molecule has 0 spiro atoms. The van der Waals surface area contributed by atoms with Crippen LogP contribution in [0.2, 0.25) is 0 Å². The number of aliphatic carboxylic acids is 1. The van der Waals surface area contributed by atoms with E-state index in [-0.39, 0.29) is 12.0 Å². The van der Waals surface area contributed by atoms with Crippen molar-refractivity contribution in [2.45, 2.75) is 45.1 Å². The molecule has 1 fully saturated rings. The largest absolute Gasteiger partial charge is 0.481 e. The summed E-state index contributed by atoms with van der Waals surface area (Å²) in [4.78, 5) is 16.2. The van der Waals surface area contributed by atoms with Gasteiger partial charge in [0.1, 0.15) is 5.82 Å². The fraction of sp³-hybridized carbons (Fsp3) is 0.500. The Morgan fingerprint density at radius 3 is 2.95 bits per heavy atom. The molecular weight excluding hydrogens is 252 g/mol. The Morgan fingerprint density at radius 2 is 2.20 bits per heavy atom. The Hall–Kier alpha value is -1.84. The van der Waals surface area contributed by atoms with Crippen molar-refractivity contribution in [3.05, 3.63) is 30.1 Å². The molecule has 1 heterocycles. The first-order chi connectivity index (χ1) is 9.72. The molecule has 20 heavy (non-hydrogen) atoms. The first-order valence-electron chi connectivity index (χ1n) is 7.41. The number of imidazole rings is 1. The van der Waals surface area contributed by atoms with Gasteiger partial charge in [-0.3, -0.25) is 4.79 Å². The Morgan fingerprint density at radius 1 is 1.40 bits per heavy atom. The lowest BCUT2D eigenvalue weighted by molar-refractivity contribution is -0.142. The number of aryl methyl sites for hydroxylation is 1. The van der Waals surface area contributed by atoms with E-state index < -0.39 is 5.97 Å². The standard InChI is InChI=1S/C16H20N2O2/c1-2-6-15-17-12-8-3-4-9-14(12)18(15)13-10-5-7-11(13)16(19)20/h3-4,8-9,11,13H,2,5-7,10H2,1H3,(H,19,20). The normalized spacial score (nSPS) is 22.4. The third kappa shape index (κ3) is 2.09. The van der Waals surface area contributed by atoms with Crippen molar-refractivity contribution < 1.29 is 9.90 Å². The molecule has 0 saturated heterocycles. The van der Waals surface area contributed by atoms with Gasteiger partial charge in [-0.1, -0.05) is 25.5 Å². The van der Waals surface area contributed by atoms with Crippen LogP contribution in [0.25, 0.3) is 11.0 Å². The molecule has 2 unspecified atom stereocenters. The lowest BCUT2D eigenvalue weighted by Gasteiger charge is -2.21. The van der Waals surface area contributed by atoms with Crippen LogP contribution in [0.4, 0.5) is 0 Å². The quantitative estimate of drug-likeness (QED) is 0.927. The van der Waals surface area contributed by atoms with E-state index >= 15 is 0 Å². The number of para-hydroxylation sites is 2. The van der Waals surface area contributed by atoms with E-state index in [0.717, 1.165) is 49.0 Å². The van der Waals surface area contributed by atoms with Gasteiger partial charge in [0.15, 0.2) is 0 Å². The number of carboxylic acid groups (broad SMARTS) is 1. The van der Waals surface area contributed by atoms with Gasteiger partial charge in [0.05, 0.1) is 17.0 Å². The number of carboxylic acids is 1. The van der Waals surface area contributed by atoms with Gasteiger partial charge in [0.25, 0.3) is 0 Å². The molecule has 4 heteroatoms. The highest BCUT2D eigenvalue weighted by molar-refractivity contribution is 5.77. The lowest BCUT2D eigenvalue weighted by Crippen LogP contribution is -2.23. The van der Waals surface area contributed by atoms with E-state index in [1.165, 1.54) is 0 Å². The van der Waals surface area contributed by atoms with Gasteiger partial charge in [-0.2, -0.15) is 0 Å². The molecule has 1 saturated carbocycles. The fourth-order valence-corrected chi connectivity index (χ4v) is 3.40. The number of rotatable bonds is 4. The SMILES string of the molecule is CCCc1nc2ccccc2n1C1CCCC1C(=O)O. The van der Waals surface area contributed by atoms with Crippen LogP contribution in [0.15, 0.2) is 24.3 Å². The van der Waals surface area contributed by atoms with Crippen molar-refractivity contribution in [1.29, 1.82) is 0 Å². The molecule has 0 bridgehead atoms. The van der Waals surface area contributed by atoms with Crippen molar-refractivity contribution in [3.8, 4) is 0 Å². The molecule has 1 aliphatic rings. The number of fused-ring (bicyclic) bond motifs is 1. The van der Waals surface area contributed by atoms with Crippen molar-refractivity contribution in [3.63, 3.8) is 0 Å². The molecule has 1 N–H and O–H groups in total. The molecule has 0 aliphatic heterocycles. The summed E-state index contributed by atoms with van der Waals surface area (Å²) in [6, 6.07) is 8.11. The summed E-state index contributed by atoms with van der Waals surface area (Å²) in [5, 5.41) is 9.44. The Balaban J connectivity index is 2.13. The second-order valence-electron chi connectivity index (χ2n) is 5.58. The second-order valence-corrected chi connectivity index (χ2v) is 5.58. The summed E-state index contributed by atoms with van der Waals surface area (Å²) in [6.07, 6.45) is 4.62. The zero-order valence-electron chi connectivity index (χ0n) is 11.7. The van der Waals surface area contributed by atoms with Gasteiger partial charge in [-0.25, -0.2) is 4.98 Å². The van der Waals surface area contributed by atoms with Gasteiger partial charge in [0.2, 0.25) is 0 Å². The maximum atomic E-state index is 11.5. The van der Waals surface area contributed by atoms with E-state index in [1.54, 1.807) is 0 Å². The topological polar surface area (TPSA) is 55.1 Å². The number of hydrogen-bond donors (Lipinski definition) is 1. The van der Waals surface area contributed by atoms with Crippen LogP contribution >= 0.6 is 0 Å². The Labute approximate surface area is 118 Å². The maximum Gasteiger partial charge on any atom is 0.308 e. The molecule has 106 valence electrons. The minimum atomic E-state index is -0.673. The predicted octanol–water partition coefficient (Wildman–Crippen LogP) is 3.41. The third-order valence-electron chi connectivity index (χ3n) is 4.27. The summed E-state index contributed by atoms with van der Waals surface area (Å²) < 4.78 is 2.20. The number of benzene rings is 1. The first kappa shape index (κ1) is 13.2. The van der Waals surface area contributed by atoms with Crippen LogP contribution in [-0.4, -0.2) is 20.6 Å². The van der Waals surface area contributed by atoms with Crippen molar-refractivity contribution in [1.82, 2.24) is 9.55 Å². The van der Waals surface area contributed by atoms with Gasteiger partial charge < -0.3 is 9.67 Å². The molecule has 0 radical (unpaired) electrons. The first-order valence-corrected chi connectivity index (χ1v) is 7.41. The average molecular weight is 272 g/mol. The monoisotopic (exact) mass is 272 g/mol. The lowest BCUT2D eigenvalue weighted by atomic mass is 10.0. The van der Waals surface area contributed by atoms with E-state index in [9.17, 15) is 9.90 Å². The molecule has 2 atom stereocenters. The molecule has 1 aromatic heterocycles. The van der Waals surface area contributed by atoms with Crippen LogP contribution in [-0.2, 0) is 11.2 Å². The van der Waals surface area contributed by atoms with Crippen molar-refractivity contribution in [2.24, 2.45) is 5.92 Å². The summed E-state index contributed by atoms with van der Waals surface area (Å²) in [5.41, 5.74) is 2.06. The van der Waals surface area contributed by atoms with Gasteiger partial charge in [-0.05, 0) is 31.4 Å². The summed E-state index contributed by atoms with van der Waals surface area (Å²) in [7, 11) is 0. The minimum Gasteiger partial charge on any atom is -0.481 e. The smallest absolute Gasteiger partial charge is 0.308 e. The summed E-state index contributed by atoms with van der Waals surface area (Å²) in [6.45, 7) is 2.13. The fourth-order valence-electron chi connectivity index (χ4n) is 3.40. The van der Waals surface area contributed by atoms with E-state index in [1.807, 2.05) is 18.2 Å². The number of hydrogen-bond acceptors (Lipinski definition) is 2. The summed E-state index contributed by atoms with van der Waals surface area (Å²) >= 11 is 0. The maximum absolute atomic E-state index is 11.5. The van der Waals surface area contributed by atoms with E-state index in [4.69, 9.17) is 4.98 Å². The number of nitrogens with zero attached hydrogens (tertiary/aromatic N) is 2. The molecule has 1 aromatic carbocycles. The highest BCUT2D eigenvalue weighted by Gasteiger charge is 2.35. The van der Waals surface area contributed by atoms with Crippen molar-refractivity contribution in [2.75, 3.05) is 0 Å². The third-order valence-corrected chi connectivity index (χ3v) is 4.27. The van der Waals surface area contributed by atoms with Crippen LogP contribution in [0.3, 0.4) is 0 Å². The molecule has 2 aromatic rings. The highest BCUT2D eigenvalue weighted by Crippen LogP contribution is 2.39. The predicted molar refractivity (Wildman–Crippen MR) is 77.7 cm³/mol. The van der Waals surface area contributed by atoms with Crippen LogP contribution in [0, 0.1) is 5.92 Å². The second kappa shape index (κ2) is 5.27. The molecule has 3 rings (SSSR count). The van der Waals surface area contributed by atoms with Crippen molar-refractivity contribution >= 4 is 17.0 Å². The van der Waals surface area contributed by atoms with Crippen LogP contribution in [0.1, 0.15) is 44.5 Å². The molecular formula is C16H20N2O2. The highest BCUT2D eigenvalue weighted by atomic mass is 16.4. The van der Waals surface area contributed by atoms with Gasteiger partial charge in [0, 0.05) is 12.5 Å². The number of carbonyl (C=O) groups is 1. The van der Waals surface area contributed by atoms with Gasteiger partial charge >= 0.3 is 5.97 Å². The minimum absolute atomic E-state index is 0.0569. The molecule has 1 aliphatic carbocycles.